The molecule has 4 nitrogen and oxygen atoms in total. The Labute approximate surface area is 180 Å². The van der Waals surface area contributed by atoms with E-state index in [1.54, 1.807) is 42.5 Å². The molecular formula is C20H10Cl4N2O2. The van der Waals surface area contributed by atoms with Gasteiger partial charge in [0.2, 0.25) is 0 Å². The lowest BCUT2D eigenvalue weighted by atomic mass is 10.2. The second-order valence-corrected chi connectivity index (χ2v) is 7.24. The summed E-state index contributed by atoms with van der Waals surface area (Å²) in [6.45, 7) is 0. The van der Waals surface area contributed by atoms with Crippen molar-refractivity contribution in [1.82, 2.24) is 0 Å². The third kappa shape index (κ3) is 4.70. The number of hydrogen-bond acceptors (Lipinski definition) is 3. The fourth-order valence-electron chi connectivity index (χ4n) is 2.31. The van der Waals surface area contributed by atoms with E-state index < -0.39 is 5.91 Å². The van der Waals surface area contributed by atoms with Crippen LogP contribution in [0.2, 0.25) is 20.1 Å². The number of nitriles is 1. The average molecular weight is 452 g/mol. The van der Waals surface area contributed by atoms with Crippen molar-refractivity contribution < 1.29 is 9.21 Å². The number of rotatable bonds is 4. The maximum Gasteiger partial charge on any atom is 0.266 e. The minimum absolute atomic E-state index is 0.161. The molecule has 1 amide bonds. The Balaban J connectivity index is 1.84. The maximum atomic E-state index is 12.4. The first-order valence-electron chi connectivity index (χ1n) is 7.81. The lowest BCUT2D eigenvalue weighted by Gasteiger charge is -2.06. The molecule has 0 fully saturated rings. The second-order valence-electron chi connectivity index (χ2n) is 5.58. The quantitative estimate of drug-likeness (QED) is 0.339. The number of nitrogens with one attached hydrogen (secondary N) is 1. The van der Waals surface area contributed by atoms with Crippen molar-refractivity contribution in [2.75, 3.05) is 5.32 Å². The van der Waals surface area contributed by atoms with Gasteiger partial charge in [-0.3, -0.25) is 4.79 Å². The largest absolute Gasteiger partial charge is 0.457 e. The van der Waals surface area contributed by atoms with Crippen LogP contribution >= 0.6 is 46.4 Å². The van der Waals surface area contributed by atoms with E-state index in [0.29, 0.717) is 42.9 Å². The molecule has 0 spiro atoms. The lowest BCUT2D eigenvalue weighted by molar-refractivity contribution is -0.112. The van der Waals surface area contributed by atoms with Crippen LogP contribution in [0.4, 0.5) is 5.69 Å². The molecule has 28 heavy (non-hydrogen) atoms. The highest BCUT2D eigenvalue weighted by Crippen LogP contribution is 2.30. The van der Waals surface area contributed by atoms with Crippen molar-refractivity contribution in [3.05, 3.63) is 80.0 Å². The fourth-order valence-corrected chi connectivity index (χ4v) is 2.94. The molecular weight excluding hydrogens is 442 g/mol. The van der Waals surface area contributed by atoms with Gasteiger partial charge in [0.1, 0.15) is 23.2 Å². The number of carbonyl (C=O) groups is 1. The van der Waals surface area contributed by atoms with E-state index >= 15 is 0 Å². The molecule has 0 radical (unpaired) electrons. The SMILES string of the molecule is N#C/C(=C/c1ccc(-c2ccc(Cl)c(Cl)c2)o1)C(=O)Nc1cc(Cl)ccc1Cl. The third-order valence-corrected chi connectivity index (χ3v) is 4.96. The number of benzene rings is 2. The van der Waals surface area contributed by atoms with Crippen LogP contribution in [0.25, 0.3) is 17.4 Å². The molecule has 0 aliphatic heterocycles. The molecule has 1 aromatic heterocycles. The molecule has 0 unspecified atom stereocenters. The topological polar surface area (TPSA) is 66.0 Å². The number of anilines is 1. The molecule has 0 aliphatic rings. The van der Waals surface area contributed by atoms with Crippen molar-refractivity contribution >= 4 is 64.1 Å². The van der Waals surface area contributed by atoms with Crippen LogP contribution in [0.15, 0.2) is 58.5 Å². The smallest absolute Gasteiger partial charge is 0.266 e. The Bertz CT molecular complexity index is 1130. The lowest BCUT2D eigenvalue weighted by Crippen LogP contribution is -2.13. The average Bonchev–Trinajstić information content (AvgIpc) is 3.13. The molecule has 3 rings (SSSR count). The van der Waals surface area contributed by atoms with E-state index in [1.807, 2.05) is 6.07 Å². The third-order valence-electron chi connectivity index (χ3n) is 3.66. The number of hydrogen-bond donors (Lipinski definition) is 1. The van der Waals surface area contributed by atoms with Crippen LogP contribution in [0.5, 0.6) is 0 Å². The molecule has 0 atom stereocenters. The normalized spacial score (nSPS) is 11.2. The summed E-state index contributed by atoms with van der Waals surface area (Å²) in [5, 5.41) is 13.4. The van der Waals surface area contributed by atoms with E-state index in [9.17, 15) is 10.1 Å². The van der Waals surface area contributed by atoms with Gasteiger partial charge < -0.3 is 9.73 Å². The van der Waals surface area contributed by atoms with Gasteiger partial charge in [-0.1, -0.05) is 46.4 Å². The number of amides is 1. The number of nitrogens with zero attached hydrogens (tertiary/aromatic N) is 1. The zero-order valence-electron chi connectivity index (χ0n) is 14.0. The first-order valence-corrected chi connectivity index (χ1v) is 9.32. The molecule has 1 heterocycles. The zero-order chi connectivity index (χ0) is 20.3. The minimum Gasteiger partial charge on any atom is -0.457 e. The van der Waals surface area contributed by atoms with Crippen molar-refractivity contribution in [3.8, 4) is 17.4 Å². The number of furan rings is 1. The van der Waals surface area contributed by atoms with Gasteiger partial charge in [-0.15, -0.1) is 0 Å². The Morgan fingerprint density at radius 2 is 1.71 bits per heavy atom. The standard InChI is InChI=1S/C20H10Cl4N2O2/c21-13-2-5-16(23)18(9-13)26-20(27)12(10-25)7-14-3-6-19(28-14)11-1-4-15(22)17(24)8-11/h1-9H,(H,26,27)/b12-7-. The summed E-state index contributed by atoms with van der Waals surface area (Å²) in [4.78, 5) is 12.4. The van der Waals surface area contributed by atoms with E-state index in [4.69, 9.17) is 50.8 Å². The summed E-state index contributed by atoms with van der Waals surface area (Å²) >= 11 is 23.9. The summed E-state index contributed by atoms with van der Waals surface area (Å²) in [5.41, 5.74) is 0.852. The van der Waals surface area contributed by atoms with Crippen LogP contribution in [-0.4, -0.2) is 5.91 Å². The Kier molecular flexibility index (Phi) is 6.33. The molecule has 140 valence electrons. The summed E-state index contributed by atoms with van der Waals surface area (Å²) in [6.07, 6.45) is 1.33. The summed E-state index contributed by atoms with van der Waals surface area (Å²) in [7, 11) is 0. The summed E-state index contributed by atoms with van der Waals surface area (Å²) in [6, 6.07) is 14.9. The van der Waals surface area contributed by atoms with Crippen LogP contribution < -0.4 is 5.32 Å². The van der Waals surface area contributed by atoms with Crippen molar-refractivity contribution in [1.29, 1.82) is 5.26 Å². The molecule has 8 heteroatoms. The van der Waals surface area contributed by atoms with Crippen molar-refractivity contribution in [2.24, 2.45) is 0 Å². The highest BCUT2D eigenvalue weighted by atomic mass is 35.5. The predicted octanol–water partition coefficient (Wildman–Crippen LogP) is 7.11. The molecule has 3 aromatic rings. The molecule has 0 bridgehead atoms. The molecule has 2 aromatic carbocycles. The van der Waals surface area contributed by atoms with Gasteiger partial charge in [0.05, 0.1) is 20.8 Å². The van der Waals surface area contributed by atoms with Gasteiger partial charge in [0, 0.05) is 16.7 Å². The van der Waals surface area contributed by atoms with E-state index in [1.165, 1.54) is 12.1 Å². The molecule has 0 saturated carbocycles. The van der Waals surface area contributed by atoms with Crippen LogP contribution in [0.1, 0.15) is 5.76 Å². The zero-order valence-corrected chi connectivity index (χ0v) is 17.0. The van der Waals surface area contributed by atoms with Gasteiger partial charge in [0.25, 0.3) is 5.91 Å². The van der Waals surface area contributed by atoms with Crippen LogP contribution in [-0.2, 0) is 4.79 Å². The van der Waals surface area contributed by atoms with Crippen LogP contribution in [0.3, 0.4) is 0 Å². The van der Waals surface area contributed by atoms with E-state index in [0.717, 1.165) is 0 Å². The van der Waals surface area contributed by atoms with Gasteiger partial charge in [-0.05, 0) is 48.5 Å². The Morgan fingerprint density at radius 3 is 2.43 bits per heavy atom. The van der Waals surface area contributed by atoms with E-state index in [-0.39, 0.29) is 5.57 Å². The molecule has 0 saturated heterocycles. The summed E-state index contributed by atoms with van der Waals surface area (Å²) in [5.74, 6) is 0.199. The summed E-state index contributed by atoms with van der Waals surface area (Å²) < 4.78 is 5.68. The predicted molar refractivity (Wildman–Crippen MR) is 113 cm³/mol. The maximum absolute atomic E-state index is 12.4. The van der Waals surface area contributed by atoms with Gasteiger partial charge in [0.15, 0.2) is 0 Å². The first kappa shape index (κ1) is 20.3. The van der Waals surface area contributed by atoms with Crippen LogP contribution in [0, 0.1) is 11.3 Å². The fraction of sp³-hybridized carbons (Fsp3) is 0. The minimum atomic E-state index is -0.640. The Hall–Kier alpha value is -2.42. The van der Waals surface area contributed by atoms with E-state index in [2.05, 4.69) is 5.32 Å². The number of halogens is 4. The van der Waals surface area contributed by atoms with Crippen molar-refractivity contribution in [3.63, 3.8) is 0 Å². The Morgan fingerprint density at radius 1 is 0.964 bits per heavy atom. The second kappa shape index (κ2) is 8.72. The highest BCUT2D eigenvalue weighted by Gasteiger charge is 2.14. The number of carbonyl (C=O) groups excluding carboxylic acids is 1. The molecule has 0 aliphatic carbocycles. The first-order chi connectivity index (χ1) is 13.4. The van der Waals surface area contributed by atoms with Gasteiger partial charge >= 0.3 is 0 Å². The molecule has 1 N–H and O–H groups in total. The van der Waals surface area contributed by atoms with Gasteiger partial charge in [-0.25, -0.2) is 0 Å². The monoisotopic (exact) mass is 450 g/mol. The van der Waals surface area contributed by atoms with Gasteiger partial charge in [-0.2, -0.15) is 5.26 Å². The highest BCUT2D eigenvalue weighted by molar-refractivity contribution is 6.42. The van der Waals surface area contributed by atoms with Crippen molar-refractivity contribution in [2.45, 2.75) is 0 Å².